The molecule has 3 aromatic rings. The van der Waals surface area contributed by atoms with Gasteiger partial charge in [-0.1, -0.05) is 12.1 Å². The summed E-state index contributed by atoms with van der Waals surface area (Å²) in [6.45, 7) is 5.25. The van der Waals surface area contributed by atoms with E-state index in [2.05, 4.69) is 20.3 Å². The first-order valence-corrected chi connectivity index (χ1v) is 10.9. The van der Waals surface area contributed by atoms with Gasteiger partial charge in [0.05, 0.1) is 0 Å². The lowest BCUT2D eigenvalue weighted by molar-refractivity contribution is -0.141. The number of nitrogens with zero attached hydrogens (tertiary/aromatic N) is 5. The molecule has 11 heteroatoms. The van der Waals surface area contributed by atoms with Gasteiger partial charge in [-0.15, -0.1) is 0 Å². The van der Waals surface area contributed by atoms with Crippen LogP contribution < -0.4 is 5.32 Å². The SMILES string of the molecule is CC(=O)N1CCN(C(=O)c2ccc(-c3cc(C)cc(Nc4nccc(C(F)(F)F)n4)c3)cn2)CC1. The number of aryl methyl sites for hydroxylation is 1. The Morgan fingerprint density at radius 3 is 2.29 bits per heavy atom. The highest BCUT2D eigenvalue weighted by molar-refractivity contribution is 5.93. The quantitative estimate of drug-likeness (QED) is 0.604. The number of carbonyl (C=O) groups is 2. The number of hydrogen-bond acceptors (Lipinski definition) is 6. The highest BCUT2D eigenvalue weighted by Gasteiger charge is 2.32. The molecule has 0 unspecified atom stereocenters. The van der Waals surface area contributed by atoms with Gasteiger partial charge < -0.3 is 15.1 Å². The first-order chi connectivity index (χ1) is 16.6. The number of amides is 2. The molecule has 3 heterocycles. The molecule has 0 bridgehead atoms. The van der Waals surface area contributed by atoms with E-state index in [9.17, 15) is 22.8 Å². The van der Waals surface area contributed by atoms with Crippen LogP contribution in [0.3, 0.4) is 0 Å². The van der Waals surface area contributed by atoms with E-state index in [1.54, 1.807) is 40.3 Å². The third-order valence-electron chi connectivity index (χ3n) is 5.61. The summed E-state index contributed by atoms with van der Waals surface area (Å²) in [6, 6.07) is 9.63. The molecule has 1 saturated heterocycles. The van der Waals surface area contributed by atoms with Gasteiger partial charge in [0.1, 0.15) is 11.4 Å². The maximum Gasteiger partial charge on any atom is 0.433 e. The highest BCUT2D eigenvalue weighted by atomic mass is 19.4. The first kappa shape index (κ1) is 24.1. The molecule has 1 aliphatic heterocycles. The smallest absolute Gasteiger partial charge is 0.339 e. The molecule has 0 spiro atoms. The number of halogens is 3. The molecule has 0 atom stereocenters. The van der Waals surface area contributed by atoms with Crippen LogP contribution >= 0.6 is 0 Å². The zero-order chi connectivity index (χ0) is 25.2. The molecule has 182 valence electrons. The molecule has 2 amide bonds. The van der Waals surface area contributed by atoms with Gasteiger partial charge in [0.2, 0.25) is 11.9 Å². The fraction of sp³-hybridized carbons (Fsp3) is 0.292. The largest absolute Gasteiger partial charge is 0.433 e. The van der Waals surface area contributed by atoms with Crippen LogP contribution in [0.15, 0.2) is 48.8 Å². The summed E-state index contributed by atoms with van der Waals surface area (Å²) in [7, 11) is 0. The molecule has 35 heavy (non-hydrogen) atoms. The van der Waals surface area contributed by atoms with E-state index in [0.29, 0.717) is 37.6 Å². The Hall–Kier alpha value is -4.02. The van der Waals surface area contributed by atoms with Gasteiger partial charge in [0.25, 0.3) is 5.91 Å². The second-order valence-corrected chi connectivity index (χ2v) is 8.21. The van der Waals surface area contributed by atoms with Crippen LogP contribution in [-0.4, -0.2) is 62.7 Å². The van der Waals surface area contributed by atoms with Crippen LogP contribution in [0.25, 0.3) is 11.1 Å². The summed E-state index contributed by atoms with van der Waals surface area (Å²) in [5.41, 5.74) is 2.15. The summed E-state index contributed by atoms with van der Waals surface area (Å²) in [5.74, 6) is -0.375. The average Bonchev–Trinajstić information content (AvgIpc) is 2.83. The maximum atomic E-state index is 12.9. The molecular weight excluding hydrogens is 461 g/mol. The summed E-state index contributed by atoms with van der Waals surface area (Å²) < 4.78 is 38.8. The number of pyridine rings is 1. The third kappa shape index (κ3) is 5.73. The van der Waals surface area contributed by atoms with Gasteiger partial charge in [-0.25, -0.2) is 9.97 Å². The summed E-state index contributed by atoms with van der Waals surface area (Å²) in [4.78, 5) is 39.4. The second-order valence-electron chi connectivity index (χ2n) is 8.21. The monoisotopic (exact) mass is 484 g/mol. The first-order valence-electron chi connectivity index (χ1n) is 10.9. The van der Waals surface area contributed by atoms with Gasteiger partial charge in [-0.05, 0) is 42.3 Å². The number of rotatable bonds is 4. The van der Waals surface area contributed by atoms with Crippen molar-refractivity contribution < 1.29 is 22.8 Å². The van der Waals surface area contributed by atoms with Crippen LogP contribution in [0.1, 0.15) is 28.7 Å². The number of anilines is 2. The number of hydrogen-bond donors (Lipinski definition) is 1. The molecule has 0 aliphatic carbocycles. The Labute approximate surface area is 199 Å². The minimum Gasteiger partial charge on any atom is -0.339 e. The van der Waals surface area contributed by atoms with Crippen molar-refractivity contribution in [1.29, 1.82) is 0 Å². The van der Waals surface area contributed by atoms with E-state index in [1.165, 1.54) is 6.92 Å². The predicted octanol–water partition coefficient (Wildman–Crippen LogP) is 3.91. The lowest BCUT2D eigenvalue weighted by atomic mass is 10.0. The molecule has 8 nitrogen and oxygen atoms in total. The van der Waals surface area contributed by atoms with E-state index in [-0.39, 0.29) is 17.8 Å². The van der Waals surface area contributed by atoms with Crippen LogP contribution in [-0.2, 0) is 11.0 Å². The Balaban J connectivity index is 1.49. The fourth-order valence-corrected chi connectivity index (χ4v) is 3.81. The van der Waals surface area contributed by atoms with Gasteiger partial charge in [-0.3, -0.25) is 14.6 Å². The molecular formula is C24H23F3N6O2. The zero-order valence-electron chi connectivity index (χ0n) is 19.1. The van der Waals surface area contributed by atoms with Gasteiger partial charge >= 0.3 is 6.18 Å². The van der Waals surface area contributed by atoms with Gasteiger partial charge in [-0.2, -0.15) is 13.2 Å². The average molecular weight is 484 g/mol. The van der Waals surface area contributed by atoms with E-state index >= 15 is 0 Å². The number of piperazine rings is 1. The van der Waals surface area contributed by atoms with Gasteiger partial charge in [0.15, 0.2) is 0 Å². The lowest BCUT2D eigenvalue weighted by Crippen LogP contribution is -2.50. The van der Waals surface area contributed by atoms with Crippen molar-refractivity contribution in [2.24, 2.45) is 0 Å². The minimum atomic E-state index is -4.57. The van der Waals surface area contributed by atoms with Crippen molar-refractivity contribution in [3.8, 4) is 11.1 Å². The van der Waals surface area contributed by atoms with Gasteiger partial charge in [0, 0.05) is 56.7 Å². The van der Waals surface area contributed by atoms with Crippen molar-refractivity contribution in [2.45, 2.75) is 20.0 Å². The number of alkyl halides is 3. The van der Waals surface area contributed by atoms with Crippen molar-refractivity contribution in [3.05, 3.63) is 65.7 Å². The zero-order valence-corrected chi connectivity index (χ0v) is 19.1. The maximum absolute atomic E-state index is 12.9. The molecule has 0 radical (unpaired) electrons. The Bertz CT molecular complexity index is 1240. The molecule has 1 aromatic carbocycles. The number of benzene rings is 1. The van der Waals surface area contributed by atoms with Crippen molar-refractivity contribution in [2.75, 3.05) is 31.5 Å². The van der Waals surface area contributed by atoms with Crippen molar-refractivity contribution in [3.63, 3.8) is 0 Å². The Kier molecular flexibility index (Phi) is 6.68. The summed E-state index contributed by atoms with van der Waals surface area (Å²) in [6.07, 6.45) is -1.93. The van der Waals surface area contributed by atoms with Crippen LogP contribution in [0.4, 0.5) is 24.8 Å². The highest BCUT2D eigenvalue weighted by Crippen LogP contribution is 2.29. The molecule has 0 saturated carbocycles. The molecule has 1 aliphatic rings. The lowest BCUT2D eigenvalue weighted by Gasteiger charge is -2.34. The second kappa shape index (κ2) is 9.69. The van der Waals surface area contributed by atoms with Crippen molar-refractivity contribution in [1.82, 2.24) is 24.8 Å². The van der Waals surface area contributed by atoms with E-state index in [1.807, 2.05) is 13.0 Å². The van der Waals surface area contributed by atoms with E-state index in [4.69, 9.17) is 0 Å². The van der Waals surface area contributed by atoms with E-state index < -0.39 is 11.9 Å². The summed E-state index contributed by atoms with van der Waals surface area (Å²) in [5, 5.41) is 2.82. The Morgan fingerprint density at radius 1 is 0.943 bits per heavy atom. The molecule has 1 N–H and O–H groups in total. The van der Waals surface area contributed by atoms with Crippen molar-refractivity contribution >= 4 is 23.5 Å². The Morgan fingerprint density at radius 2 is 1.66 bits per heavy atom. The van der Waals surface area contributed by atoms with E-state index in [0.717, 1.165) is 29.0 Å². The standard InChI is InChI=1S/C24H23F3N6O2/c1-15-11-18(13-19(12-15)30-23-28-6-5-21(31-23)24(25,26)27)17-3-4-20(29-14-17)22(35)33-9-7-32(8-10-33)16(2)34/h3-6,11-14H,7-10H2,1-2H3,(H,28,30,31). The number of carbonyl (C=O) groups excluding carboxylic acids is 2. The van der Waals surface area contributed by atoms with Crippen LogP contribution in [0.2, 0.25) is 0 Å². The number of nitrogens with one attached hydrogen (secondary N) is 1. The molecule has 4 rings (SSSR count). The minimum absolute atomic E-state index is 0.00814. The molecule has 2 aromatic heterocycles. The summed E-state index contributed by atoms with van der Waals surface area (Å²) >= 11 is 0. The third-order valence-corrected chi connectivity index (χ3v) is 5.61. The normalized spacial score (nSPS) is 14.1. The topological polar surface area (TPSA) is 91.3 Å². The predicted molar refractivity (Wildman–Crippen MR) is 123 cm³/mol. The van der Waals surface area contributed by atoms with Crippen LogP contribution in [0.5, 0.6) is 0 Å². The molecule has 1 fully saturated rings. The fourth-order valence-electron chi connectivity index (χ4n) is 3.81. The number of aromatic nitrogens is 3. The van der Waals surface area contributed by atoms with Crippen LogP contribution in [0, 0.1) is 6.92 Å².